The highest BCUT2D eigenvalue weighted by molar-refractivity contribution is 9.10. The minimum Gasteiger partial charge on any atom is -0.386 e. The first-order valence-electron chi connectivity index (χ1n) is 5.23. The smallest absolute Gasteiger partial charge is 0.123 e. The van der Waals surface area contributed by atoms with Crippen LogP contribution in [0.25, 0.3) is 10.6 Å². The number of aromatic nitrogens is 1. The highest BCUT2D eigenvalue weighted by atomic mass is 79.9. The van der Waals surface area contributed by atoms with Crippen molar-refractivity contribution in [1.82, 2.24) is 4.98 Å². The average molecular weight is 313 g/mol. The van der Waals surface area contributed by atoms with Crippen molar-refractivity contribution in [3.63, 3.8) is 0 Å². The van der Waals surface area contributed by atoms with Crippen LogP contribution in [0, 0.1) is 6.92 Å². The monoisotopic (exact) mass is 312 g/mol. The summed E-state index contributed by atoms with van der Waals surface area (Å²) in [5.74, 6) is 0. The number of aliphatic hydroxyl groups is 1. The average Bonchev–Trinajstić information content (AvgIpc) is 2.71. The summed E-state index contributed by atoms with van der Waals surface area (Å²) in [7, 11) is 0. The predicted molar refractivity (Wildman–Crippen MR) is 74.0 cm³/mol. The summed E-state index contributed by atoms with van der Waals surface area (Å²) < 4.78 is 1.04. The summed E-state index contributed by atoms with van der Waals surface area (Å²) in [6.07, 6.45) is -0.614. The highest BCUT2D eigenvalue weighted by Gasteiger charge is 2.15. The molecule has 1 aromatic carbocycles. The molecular formula is C12H13BrN2OS. The van der Waals surface area contributed by atoms with Gasteiger partial charge >= 0.3 is 0 Å². The van der Waals surface area contributed by atoms with Crippen LogP contribution < -0.4 is 5.73 Å². The third-order valence-electron chi connectivity index (χ3n) is 2.45. The summed E-state index contributed by atoms with van der Waals surface area (Å²) >= 11 is 4.89. The number of hydrogen-bond donors (Lipinski definition) is 2. The number of nitrogens with zero attached hydrogens (tertiary/aromatic N) is 1. The predicted octanol–water partition coefficient (Wildman–Crippen LogP) is 2.87. The van der Waals surface area contributed by atoms with Gasteiger partial charge < -0.3 is 10.8 Å². The fraction of sp³-hybridized carbons (Fsp3) is 0.250. The molecule has 3 N–H and O–H groups in total. The molecule has 0 aliphatic rings. The van der Waals surface area contributed by atoms with Gasteiger partial charge in [0.25, 0.3) is 0 Å². The molecule has 2 aromatic rings. The van der Waals surface area contributed by atoms with Crippen LogP contribution in [0.2, 0.25) is 0 Å². The third-order valence-corrected chi connectivity index (χ3v) is 4.29. The molecule has 0 saturated carbocycles. The van der Waals surface area contributed by atoms with Gasteiger partial charge in [0, 0.05) is 16.6 Å². The lowest BCUT2D eigenvalue weighted by Gasteiger charge is -2.03. The van der Waals surface area contributed by atoms with E-state index in [0.717, 1.165) is 25.6 Å². The molecular weight excluding hydrogens is 300 g/mol. The maximum Gasteiger partial charge on any atom is 0.123 e. The normalized spacial score (nSPS) is 12.7. The van der Waals surface area contributed by atoms with Crippen molar-refractivity contribution in [3.8, 4) is 10.6 Å². The number of nitrogens with two attached hydrogens (primary N) is 1. The second-order valence-corrected chi connectivity index (χ2v) is 5.67. The second kappa shape index (κ2) is 5.27. The van der Waals surface area contributed by atoms with E-state index in [1.165, 1.54) is 11.3 Å². The van der Waals surface area contributed by atoms with Crippen molar-refractivity contribution in [3.05, 3.63) is 39.3 Å². The summed E-state index contributed by atoms with van der Waals surface area (Å²) in [6.45, 7) is 2.12. The van der Waals surface area contributed by atoms with Crippen LogP contribution in [0.1, 0.15) is 16.7 Å². The van der Waals surface area contributed by atoms with E-state index in [9.17, 15) is 5.11 Å². The van der Waals surface area contributed by atoms with Gasteiger partial charge in [-0.2, -0.15) is 0 Å². The first kappa shape index (κ1) is 12.7. The number of hydrogen-bond acceptors (Lipinski definition) is 4. The van der Waals surface area contributed by atoms with Crippen LogP contribution in [0.3, 0.4) is 0 Å². The van der Waals surface area contributed by atoms with Gasteiger partial charge in [0.05, 0.1) is 10.6 Å². The molecule has 17 heavy (non-hydrogen) atoms. The van der Waals surface area contributed by atoms with Crippen molar-refractivity contribution in [2.45, 2.75) is 13.0 Å². The molecule has 1 unspecified atom stereocenters. The maximum absolute atomic E-state index is 9.75. The summed E-state index contributed by atoms with van der Waals surface area (Å²) in [5, 5.41) is 10.7. The largest absolute Gasteiger partial charge is 0.386 e. The van der Waals surface area contributed by atoms with Crippen molar-refractivity contribution in [2.75, 3.05) is 6.54 Å². The van der Waals surface area contributed by atoms with Crippen LogP contribution in [0.4, 0.5) is 0 Å². The number of aliphatic hydroxyl groups excluding tert-OH is 1. The Morgan fingerprint density at radius 3 is 2.65 bits per heavy atom. The molecule has 1 heterocycles. The summed E-state index contributed by atoms with van der Waals surface area (Å²) in [6, 6.07) is 7.96. The Morgan fingerprint density at radius 2 is 2.06 bits per heavy atom. The van der Waals surface area contributed by atoms with Crippen LogP contribution >= 0.6 is 27.3 Å². The van der Waals surface area contributed by atoms with Gasteiger partial charge in [0.15, 0.2) is 0 Å². The van der Waals surface area contributed by atoms with Crippen molar-refractivity contribution < 1.29 is 5.11 Å². The SMILES string of the molecule is Cc1nc(-c2ccc(Br)cc2)sc1C(O)CN. The summed E-state index contributed by atoms with van der Waals surface area (Å²) in [5.41, 5.74) is 7.37. The number of benzene rings is 1. The molecule has 0 aliphatic heterocycles. The number of halogens is 1. The molecule has 0 radical (unpaired) electrons. The maximum atomic E-state index is 9.75. The fourth-order valence-electron chi connectivity index (χ4n) is 1.54. The zero-order valence-electron chi connectivity index (χ0n) is 9.35. The Bertz CT molecular complexity index is 510. The van der Waals surface area contributed by atoms with E-state index in [0.29, 0.717) is 0 Å². The van der Waals surface area contributed by atoms with Crippen molar-refractivity contribution >= 4 is 27.3 Å². The Labute approximate surface area is 112 Å². The molecule has 0 aliphatic carbocycles. The molecule has 0 bridgehead atoms. The molecule has 1 atom stereocenters. The lowest BCUT2D eigenvalue weighted by molar-refractivity contribution is 0.189. The molecule has 0 saturated heterocycles. The molecule has 1 aromatic heterocycles. The summed E-state index contributed by atoms with van der Waals surface area (Å²) in [4.78, 5) is 5.32. The Kier molecular flexibility index (Phi) is 3.93. The van der Waals surface area contributed by atoms with Crippen LogP contribution in [0.5, 0.6) is 0 Å². The van der Waals surface area contributed by atoms with Gasteiger partial charge in [-0.1, -0.05) is 28.1 Å². The van der Waals surface area contributed by atoms with E-state index in [4.69, 9.17) is 5.73 Å². The molecule has 0 amide bonds. The van der Waals surface area contributed by atoms with Crippen molar-refractivity contribution in [2.24, 2.45) is 5.73 Å². The zero-order valence-corrected chi connectivity index (χ0v) is 11.8. The molecule has 0 spiro atoms. The zero-order chi connectivity index (χ0) is 12.4. The fourth-order valence-corrected chi connectivity index (χ4v) is 2.88. The number of thiazole rings is 1. The van der Waals surface area contributed by atoms with Gasteiger partial charge in [-0.15, -0.1) is 11.3 Å². The minimum absolute atomic E-state index is 0.225. The third kappa shape index (κ3) is 2.74. The van der Waals surface area contributed by atoms with E-state index >= 15 is 0 Å². The Balaban J connectivity index is 2.37. The topological polar surface area (TPSA) is 59.1 Å². The molecule has 90 valence electrons. The standard InChI is InChI=1S/C12H13BrN2OS/c1-7-11(10(16)6-14)17-12(15-7)8-2-4-9(13)5-3-8/h2-5,10,16H,6,14H2,1H3. The van der Waals surface area contributed by atoms with E-state index in [-0.39, 0.29) is 6.54 Å². The van der Waals surface area contributed by atoms with Crippen LogP contribution in [0.15, 0.2) is 28.7 Å². The first-order chi connectivity index (χ1) is 8.11. The van der Waals surface area contributed by atoms with E-state index in [2.05, 4.69) is 20.9 Å². The Morgan fingerprint density at radius 1 is 1.41 bits per heavy atom. The quantitative estimate of drug-likeness (QED) is 0.916. The highest BCUT2D eigenvalue weighted by Crippen LogP contribution is 2.31. The second-order valence-electron chi connectivity index (χ2n) is 3.73. The Hall–Kier alpha value is -0.750. The minimum atomic E-state index is -0.614. The lowest BCUT2D eigenvalue weighted by Crippen LogP contribution is -2.10. The molecule has 2 rings (SSSR count). The van der Waals surface area contributed by atoms with Gasteiger partial charge in [-0.05, 0) is 19.1 Å². The molecule has 0 fully saturated rings. The van der Waals surface area contributed by atoms with Gasteiger partial charge in [0.1, 0.15) is 11.1 Å². The number of aryl methyl sites for hydroxylation is 1. The first-order valence-corrected chi connectivity index (χ1v) is 6.84. The van der Waals surface area contributed by atoms with E-state index in [1.54, 1.807) is 0 Å². The van der Waals surface area contributed by atoms with E-state index in [1.807, 2.05) is 31.2 Å². The molecule has 5 heteroatoms. The van der Waals surface area contributed by atoms with Crippen molar-refractivity contribution in [1.29, 1.82) is 0 Å². The van der Waals surface area contributed by atoms with Crippen LogP contribution in [-0.2, 0) is 0 Å². The molecule has 3 nitrogen and oxygen atoms in total. The number of rotatable bonds is 3. The van der Waals surface area contributed by atoms with E-state index < -0.39 is 6.10 Å². The van der Waals surface area contributed by atoms with Gasteiger partial charge in [0.2, 0.25) is 0 Å². The van der Waals surface area contributed by atoms with Crippen LogP contribution in [-0.4, -0.2) is 16.6 Å². The lowest BCUT2D eigenvalue weighted by atomic mass is 10.2. The van der Waals surface area contributed by atoms with Gasteiger partial charge in [-0.3, -0.25) is 0 Å². The van der Waals surface area contributed by atoms with Gasteiger partial charge in [-0.25, -0.2) is 4.98 Å².